The number of hydrogen-bond acceptors (Lipinski definition) is 2. The predicted molar refractivity (Wildman–Crippen MR) is 33.6 cm³/mol. The summed E-state index contributed by atoms with van der Waals surface area (Å²) in [5, 5.41) is 11.0. The van der Waals surface area contributed by atoms with Gasteiger partial charge in [-0.1, -0.05) is 0 Å². The molecule has 1 fully saturated rings. The topological polar surface area (TPSA) is 49.3 Å². The predicted octanol–water partition coefficient (Wildman–Crippen LogP) is 0.161. The second kappa shape index (κ2) is 2.20. The van der Waals surface area contributed by atoms with Gasteiger partial charge in [0.2, 0.25) is 0 Å². The van der Waals surface area contributed by atoms with Crippen LogP contribution < -0.4 is 5.32 Å². The molecule has 0 aliphatic carbocycles. The number of hydrogen-bond donors (Lipinski definition) is 2. The van der Waals surface area contributed by atoms with Crippen LogP contribution in [0.3, 0.4) is 0 Å². The first-order valence-corrected chi connectivity index (χ1v) is 3.16. The molecule has 0 aromatic carbocycles. The van der Waals surface area contributed by atoms with Crippen LogP contribution in [-0.4, -0.2) is 29.3 Å². The molecule has 0 aromatic heterocycles. The number of aliphatic carboxylic acids is 1. The Kier molecular flexibility index (Phi) is 1.64. The SMILES string of the molecule is CC1(F)CNC(C(=O)O)C1. The van der Waals surface area contributed by atoms with Gasteiger partial charge in [0.1, 0.15) is 11.7 Å². The van der Waals surface area contributed by atoms with E-state index in [4.69, 9.17) is 5.11 Å². The molecule has 2 unspecified atom stereocenters. The molecule has 1 saturated heterocycles. The van der Waals surface area contributed by atoms with Crippen molar-refractivity contribution in [1.29, 1.82) is 0 Å². The van der Waals surface area contributed by atoms with Crippen LogP contribution in [0.2, 0.25) is 0 Å². The van der Waals surface area contributed by atoms with Crippen LogP contribution in [0.1, 0.15) is 13.3 Å². The first-order valence-electron chi connectivity index (χ1n) is 3.16. The van der Waals surface area contributed by atoms with E-state index in [1.807, 2.05) is 0 Å². The highest BCUT2D eigenvalue weighted by atomic mass is 19.1. The summed E-state index contributed by atoms with van der Waals surface area (Å²) in [5.41, 5.74) is -1.34. The van der Waals surface area contributed by atoms with E-state index in [1.54, 1.807) is 0 Å². The normalized spacial score (nSPS) is 40.0. The average Bonchev–Trinajstić information content (AvgIpc) is 2.10. The van der Waals surface area contributed by atoms with Crippen molar-refractivity contribution >= 4 is 5.97 Å². The summed E-state index contributed by atoms with van der Waals surface area (Å²) in [6, 6.07) is -0.699. The molecule has 10 heavy (non-hydrogen) atoms. The fourth-order valence-electron chi connectivity index (χ4n) is 1.08. The minimum Gasteiger partial charge on any atom is -0.480 e. The summed E-state index contributed by atoms with van der Waals surface area (Å²) in [6.07, 6.45) is 0.0718. The molecule has 1 rings (SSSR count). The highest BCUT2D eigenvalue weighted by molar-refractivity contribution is 5.74. The monoisotopic (exact) mass is 147 g/mol. The summed E-state index contributed by atoms with van der Waals surface area (Å²) in [6.45, 7) is 1.55. The van der Waals surface area contributed by atoms with Gasteiger partial charge in [-0.2, -0.15) is 0 Å². The lowest BCUT2D eigenvalue weighted by Crippen LogP contribution is -2.30. The molecule has 1 aliphatic heterocycles. The Balaban J connectivity index is 2.51. The summed E-state index contributed by atoms with van der Waals surface area (Å²) < 4.78 is 12.9. The third kappa shape index (κ3) is 1.44. The van der Waals surface area contributed by atoms with E-state index < -0.39 is 17.7 Å². The lowest BCUT2D eigenvalue weighted by Gasteiger charge is -2.08. The number of nitrogens with one attached hydrogen (secondary N) is 1. The van der Waals surface area contributed by atoms with Gasteiger partial charge in [-0.25, -0.2) is 4.39 Å². The fourth-order valence-corrected chi connectivity index (χ4v) is 1.08. The van der Waals surface area contributed by atoms with E-state index >= 15 is 0 Å². The number of carboxylic acids is 1. The molecular weight excluding hydrogens is 137 g/mol. The van der Waals surface area contributed by atoms with Gasteiger partial charge < -0.3 is 10.4 Å². The van der Waals surface area contributed by atoms with E-state index in [9.17, 15) is 9.18 Å². The lowest BCUT2D eigenvalue weighted by molar-refractivity contribution is -0.139. The van der Waals surface area contributed by atoms with Crippen LogP contribution in [0.4, 0.5) is 4.39 Å². The van der Waals surface area contributed by atoms with Crippen LogP contribution >= 0.6 is 0 Å². The molecular formula is C6H10FNO2. The van der Waals surface area contributed by atoms with E-state index in [-0.39, 0.29) is 13.0 Å². The number of carbonyl (C=O) groups is 1. The van der Waals surface area contributed by atoms with E-state index in [0.717, 1.165) is 0 Å². The molecule has 0 amide bonds. The first-order chi connectivity index (χ1) is 4.51. The summed E-state index contributed by atoms with van der Waals surface area (Å²) in [5.74, 6) is -0.971. The van der Waals surface area contributed by atoms with E-state index in [2.05, 4.69) is 5.32 Å². The lowest BCUT2D eigenvalue weighted by atomic mass is 10.1. The van der Waals surface area contributed by atoms with Gasteiger partial charge in [-0.05, 0) is 6.92 Å². The highest BCUT2D eigenvalue weighted by Crippen LogP contribution is 2.22. The van der Waals surface area contributed by atoms with Crippen LogP contribution in [0.25, 0.3) is 0 Å². The molecule has 0 spiro atoms. The number of rotatable bonds is 1. The molecule has 4 heteroatoms. The Hall–Kier alpha value is -0.640. The van der Waals surface area contributed by atoms with Crippen molar-refractivity contribution in [2.75, 3.05) is 6.54 Å². The van der Waals surface area contributed by atoms with Gasteiger partial charge >= 0.3 is 5.97 Å². The molecule has 58 valence electrons. The van der Waals surface area contributed by atoms with Gasteiger partial charge in [-0.3, -0.25) is 4.79 Å². The summed E-state index contributed by atoms with van der Waals surface area (Å²) in [4.78, 5) is 10.3. The minimum absolute atomic E-state index is 0.0718. The molecule has 1 aliphatic rings. The smallest absolute Gasteiger partial charge is 0.320 e. The van der Waals surface area contributed by atoms with Gasteiger partial charge in [0.05, 0.1) is 0 Å². The quantitative estimate of drug-likeness (QED) is 0.555. The Morgan fingerprint density at radius 1 is 1.90 bits per heavy atom. The van der Waals surface area contributed by atoms with Crippen LogP contribution in [0.5, 0.6) is 0 Å². The van der Waals surface area contributed by atoms with Gasteiger partial charge in [0.25, 0.3) is 0 Å². The molecule has 1 heterocycles. The first kappa shape index (κ1) is 7.47. The van der Waals surface area contributed by atoms with Crippen LogP contribution in [-0.2, 0) is 4.79 Å². The Labute approximate surface area is 58.2 Å². The molecule has 3 nitrogen and oxygen atoms in total. The largest absolute Gasteiger partial charge is 0.480 e. The van der Waals surface area contributed by atoms with Crippen molar-refractivity contribution in [2.24, 2.45) is 0 Å². The maximum atomic E-state index is 12.9. The molecule has 0 saturated carbocycles. The summed E-state index contributed by atoms with van der Waals surface area (Å²) >= 11 is 0. The van der Waals surface area contributed by atoms with Gasteiger partial charge in [0, 0.05) is 13.0 Å². The van der Waals surface area contributed by atoms with E-state index in [0.29, 0.717) is 0 Å². The van der Waals surface area contributed by atoms with Crippen molar-refractivity contribution in [2.45, 2.75) is 25.1 Å². The Bertz CT molecular complexity index is 158. The van der Waals surface area contributed by atoms with Crippen molar-refractivity contribution in [3.63, 3.8) is 0 Å². The standard InChI is InChI=1S/C6H10FNO2/c1-6(7)2-4(5(9)10)8-3-6/h4,8H,2-3H2,1H3,(H,9,10). The molecule has 0 radical (unpaired) electrons. The second-order valence-electron chi connectivity index (χ2n) is 2.89. The van der Waals surface area contributed by atoms with Crippen LogP contribution in [0, 0.1) is 0 Å². The molecule has 2 atom stereocenters. The number of alkyl halides is 1. The molecule has 0 aromatic rings. The zero-order chi connectivity index (χ0) is 7.78. The third-order valence-corrected chi connectivity index (χ3v) is 1.64. The van der Waals surface area contributed by atoms with Crippen molar-refractivity contribution in [1.82, 2.24) is 5.32 Å². The average molecular weight is 147 g/mol. The van der Waals surface area contributed by atoms with Gasteiger partial charge in [-0.15, -0.1) is 0 Å². The Morgan fingerprint density at radius 2 is 2.50 bits per heavy atom. The zero-order valence-electron chi connectivity index (χ0n) is 5.72. The van der Waals surface area contributed by atoms with Crippen molar-refractivity contribution in [3.8, 4) is 0 Å². The Morgan fingerprint density at radius 3 is 2.70 bits per heavy atom. The minimum atomic E-state index is -1.34. The maximum absolute atomic E-state index is 12.9. The molecule has 0 bridgehead atoms. The second-order valence-corrected chi connectivity index (χ2v) is 2.89. The highest BCUT2D eigenvalue weighted by Gasteiger charge is 2.38. The van der Waals surface area contributed by atoms with Crippen LogP contribution in [0.15, 0.2) is 0 Å². The fraction of sp³-hybridized carbons (Fsp3) is 0.833. The van der Waals surface area contributed by atoms with Gasteiger partial charge in [0.15, 0.2) is 0 Å². The molecule has 2 N–H and O–H groups in total. The van der Waals surface area contributed by atoms with E-state index in [1.165, 1.54) is 6.92 Å². The third-order valence-electron chi connectivity index (χ3n) is 1.64. The van der Waals surface area contributed by atoms with Crippen molar-refractivity contribution < 1.29 is 14.3 Å². The maximum Gasteiger partial charge on any atom is 0.320 e. The zero-order valence-corrected chi connectivity index (χ0v) is 5.72. The summed E-state index contributed by atoms with van der Waals surface area (Å²) in [7, 11) is 0. The van der Waals surface area contributed by atoms with Crippen molar-refractivity contribution in [3.05, 3.63) is 0 Å². The number of carboxylic acid groups (broad SMARTS) is 1. The number of halogens is 1.